The first-order valence-corrected chi connectivity index (χ1v) is 12.0. The van der Waals surface area contributed by atoms with E-state index in [1.54, 1.807) is 21.3 Å². The van der Waals surface area contributed by atoms with Crippen LogP contribution in [0, 0.1) is 0 Å². The van der Waals surface area contributed by atoms with E-state index in [0.717, 1.165) is 41.0 Å². The molecular weight excluding hydrogens is 442 g/mol. The van der Waals surface area contributed by atoms with Gasteiger partial charge in [0.15, 0.2) is 11.5 Å². The smallest absolute Gasteiger partial charge is 0.230 e. The topological polar surface area (TPSA) is 57.2 Å². The number of hydrogen-bond acceptors (Lipinski definition) is 5. The van der Waals surface area contributed by atoms with Gasteiger partial charge < -0.3 is 23.8 Å². The summed E-state index contributed by atoms with van der Waals surface area (Å²) in [6, 6.07) is 21.2. The molecule has 35 heavy (non-hydrogen) atoms. The number of ether oxygens (including phenoxy) is 4. The number of fused-ring (bicyclic) bond motifs is 1. The summed E-state index contributed by atoms with van der Waals surface area (Å²) in [4.78, 5) is 15.9. The molecule has 3 aromatic carbocycles. The summed E-state index contributed by atoms with van der Waals surface area (Å²) in [6.07, 6.45) is 1.47. The fourth-order valence-corrected chi connectivity index (χ4v) is 4.76. The maximum absolute atomic E-state index is 13.9. The minimum absolute atomic E-state index is 0.113. The number of benzene rings is 3. The van der Waals surface area contributed by atoms with Crippen LogP contribution in [0.1, 0.15) is 42.0 Å². The van der Waals surface area contributed by atoms with E-state index < -0.39 is 0 Å². The van der Waals surface area contributed by atoms with Crippen LogP contribution in [0.25, 0.3) is 0 Å². The molecule has 6 nitrogen and oxygen atoms in total. The molecule has 3 aromatic rings. The van der Waals surface area contributed by atoms with Crippen molar-refractivity contribution in [2.24, 2.45) is 0 Å². The van der Waals surface area contributed by atoms with Gasteiger partial charge in [0, 0.05) is 6.54 Å². The van der Waals surface area contributed by atoms with Crippen molar-refractivity contribution >= 4 is 5.91 Å². The molecule has 1 amide bonds. The number of methoxy groups -OCH3 is 3. The molecule has 6 heteroatoms. The highest BCUT2D eigenvalue weighted by Crippen LogP contribution is 2.40. The summed E-state index contributed by atoms with van der Waals surface area (Å²) in [6.45, 7) is 3.00. The highest BCUT2D eigenvalue weighted by molar-refractivity contribution is 5.84. The average molecular weight is 476 g/mol. The minimum Gasteiger partial charge on any atom is -0.497 e. The quantitative estimate of drug-likeness (QED) is 0.414. The highest BCUT2D eigenvalue weighted by Gasteiger charge is 2.35. The monoisotopic (exact) mass is 475 g/mol. The van der Waals surface area contributed by atoms with Crippen molar-refractivity contribution < 1.29 is 23.7 Å². The number of nitrogens with zero attached hydrogens (tertiary/aromatic N) is 1. The number of carbonyl (C=O) groups is 1. The zero-order valence-electron chi connectivity index (χ0n) is 20.8. The summed E-state index contributed by atoms with van der Waals surface area (Å²) < 4.78 is 22.6. The average Bonchev–Trinajstić information content (AvgIpc) is 2.92. The van der Waals surface area contributed by atoms with Crippen LogP contribution in [-0.4, -0.2) is 45.3 Å². The van der Waals surface area contributed by atoms with E-state index in [0.29, 0.717) is 24.7 Å². The summed E-state index contributed by atoms with van der Waals surface area (Å²) in [7, 11) is 4.90. The number of carbonyl (C=O) groups excluding carboxylic acids is 1. The molecule has 1 aliphatic rings. The third kappa shape index (κ3) is 5.21. The van der Waals surface area contributed by atoms with Crippen molar-refractivity contribution in [3.05, 3.63) is 83.4 Å². The van der Waals surface area contributed by atoms with Crippen molar-refractivity contribution in [3.8, 4) is 23.0 Å². The largest absolute Gasteiger partial charge is 0.497 e. The van der Waals surface area contributed by atoms with Crippen molar-refractivity contribution in [2.75, 3.05) is 34.5 Å². The molecule has 0 saturated carbocycles. The highest BCUT2D eigenvalue weighted by atomic mass is 16.5. The van der Waals surface area contributed by atoms with Crippen LogP contribution in [0.4, 0.5) is 0 Å². The number of amides is 1. The molecule has 0 unspecified atom stereocenters. The number of rotatable bonds is 9. The molecule has 4 rings (SSSR count). The molecule has 0 saturated heterocycles. The third-order valence-electron chi connectivity index (χ3n) is 6.66. The second kappa shape index (κ2) is 11.2. The molecule has 0 radical (unpaired) electrons. The molecule has 0 N–H and O–H groups in total. The molecule has 0 fully saturated rings. The Kier molecular flexibility index (Phi) is 7.80. The Hall–Kier alpha value is -3.67. The Bertz CT molecular complexity index is 1130. The van der Waals surface area contributed by atoms with Gasteiger partial charge in [0.05, 0.1) is 33.3 Å². The van der Waals surface area contributed by atoms with Gasteiger partial charge in [-0.1, -0.05) is 37.3 Å². The van der Waals surface area contributed by atoms with Crippen molar-refractivity contribution in [2.45, 2.75) is 31.7 Å². The van der Waals surface area contributed by atoms with E-state index >= 15 is 0 Å². The van der Waals surface area contributed by atoms with Gasteiger partial charge in [-0.05, 0) is 65.9 Å². The van der Waals surface area contributed by atoms with Crippen LogP contribution < -0.4 is 18.9 Å². The molecule has 184 valence electrons. The van der Waals surface area contributed by atoms with E-state index in [1.165, 1.54) is 0 Å². The molecule has 2 atom stereocenters. The zero-order valence-corrected chi connectivity index (χ0v) is 20.8. The van der Waals surface area contributed by atoms with Crippen LogP contribution in [-0.2, 0) is 11.2 Å². The van der Waals surface area contributed by atoms with Gasteiger partial charge in [-0.25, -0.2) is 0 Å². The Morgan fingerprint density at radius 3 is 2.20 bits per heavy atom. The summed E-state index contributed by atoms with van der Waals surface area (Å²) in [5.41, 5.74) is 3.20. The third-order valence-corrected chi connectivity index (χ3v) is 6.66. The first-order chi connectivity index (χ1) is 17.1. The fraction of sp³-hybridized carbons (Fsp3) is 0.345. The van der Waals surface area contributed by atoms with Crippen LogP contribution in [0.5, 0.6) is 23.0 Å². The first kappa shape index (κ1) is 24.5. The second-order valence-corrected chi connectivity index (χ2v) is 8.56. The Morgan fingerprint density at radius 1 is 0.914 bits per heavy atom. The van der Waals surface area contributed by atoms with Crippen LogP contribution in [0.3, 0.4) is 0 Å². The van der Waals surface area contributed by atoms with Crippen LogP contribution in [0.2, 0.25) is 0 Å². The van der Waals surface area contributed by atoms with Gasteiger partial charge in [0.1, 0.15) is 18.1 Å². The second-order valence-electron chi connectivity index (χ2n) is 8.56. The van der Waals surface area contributed by atoms with Gasteiger partial charge in [0.25, 0.3) is 0 Å². The van der Waals surface area contributed by atoms with Gasteiger partial charge in [-0.15, -0.1) is 0 Å². The van der Waals surface area contributed by atoms with E-state index in [1.807, 2.05) is 71.6 Å². The van der Waals surface area contributed by atoms with E-state index in [9.17, 15) is 4.79 Å². The van der Waals surface area contributed by atoms with Gasteiger partial charge in [-0.3, -0.25) is 4.79 Å². The zero-order chi connectivity index (χ0) is 24.8. The van der Waals surface area contributed by atoms with Crippen LogP contribution >= 0.6 is 0 Å². The summed E-state index contributed by atoms with van der Waals surface area (Å²) in [5, 5.41) is 0. The minimum atomic E-state index is -0.258. The lowest BCUT2D eigenvalue weighted by atomic mass is 9.89. The number of hydrogen-bond donors (Lipinski definition) is 0. The maximum Gasteiger partial charge on any atom is 0.230 e. The Morgan fingerprint density at radius 2 is 1.57 bits per heavy atom. The predicted molar refractivity (Wildman–Crippen MR) is 136 cm³/mol. The molecular formula is C29H33NO5. The van der Waals surface area contributed by atoms with Gasteiger partial charge in [0.2, 0.25) is 5.91 Å². The van der Waals surface area contributed by atoms with E-state index in [4.69, 9.17) is 18.9 Å². The van der Waals surface area contributed by atoms with E-state index in [2.05, 4.69) is 6.92 Å². The molecule has 0 aromatic heterocycles. The normalized spacial score (nSPS) is 15.7. The molecule has 1 aliphatic heterocycles. The van der Waals surface area contributed by atoms with Crippen molar-refractivity contribution in [1.29, 1.82) is 0 Å². The predicted octanol–water partition coefficient (Wildman–Crippen LogP) is 5.41. The SMILES string of the molecule is CC[C@H](C(=O)N1CCc2cc(OC)c(OC)cc2[C@@H]1COc1ccc(OC)cc1)c1ccccc1. The summed E-state index contributed by atoms with van der Waals surface area (Å²) >= 11 is 0. The molecule has 0 bridgehead atoms. The molecule has 1 heterocycles. The Balaban J connectivity index is 1.68. The fourth-order valence-electron chi connectivity index (χ4n) is 4.76. The van der Waals surface area contributed by atoms with Crippen molar-refractivity contribution in [1.82, 2.24) is 4.90 Å². The molecule has 0 aliphatic carbocycles. The van der Waals surface area contributed by atoms with Gasteiger partial charge >= 0.3 is 0 Å². The van der Waals surface area contributed by atoms with Crippen LogP contribution in [0.15, 0.2) is 66.7 Å². The molecule has 0 spiro atoms. The van der Waals surface area contributed by atoms with E-state index in [-0.39, 0.29) is 17.9 Å². The summed E-state index contributed by atoms with van der Waals surface area (Å²) in [5.74, 6) is 2.73. The first-order valence-electron chi connectivity index (χ1n) is 12.0. The van der Waals surface area contributed by atoms with Crippen molar-refractivity contribution in [3.63, 3.8) is 0 Å². The van der Waals surface area contributed by atoms with Gasteiger partial charge in [-0.2, -0.15) is 0 Å². The lowest BCUT2D eigenvalue weighted by Gasteiger charge is -2.39. The lowest BCUT2D eigenvalue weighted by molar-refractivity contribution is -0.136. The lowest BCUT2D eigenvalue weighted by Crippen LogP contribution is -2.44. The Labute approximate surface area is 207 Å². The maximum atomic E-state index is 13.9. The standard InChI is InChI=1S/C29H33NO5/c1-5-24(20-9-7-6-8-10-20)29(31)30-16-15-21-17-27(33-3)28(34-4)18-25(21)26(30)19-35-23-13-11-22(32-2)12-14-23/h6-14,17-18,24,26H,5,15-16,19H2,1-4H3/t24-,26-/m0/s1.